The molecule has 23 heavy (non-hydrogen) atoms. The third-order valence-electron chi connectivity index (χ3n) is 4.24. The normalized spacial score (nSPS) is 16.7. The van der Waals surface area contributed by atoms with E-state index in [1.807, 2.05) is 49.8 Å². The van der Waals surface area contributed by atoms with E-state index in [0.29, 0.717) is 18.7 Å². The first-order valence-corrected chi connectivity index (χ1v) is 8.77. The molecular weight excluding hydrogens is 310 g/mol. The van der Waals surface area contributed by atoms with E-state index in [9.17, 15) is 9.59 Å². The average Bonchev–Trinajstić information content (AvgIpc) is 3.11. The van der Waals surface area contributed by atoms with Gasteiger partial charge in [-0.2, -0.15) is 0 Å². The molecule has 2 aromatic rings. The lowest BCUT2D eigenvalue weighted by Crippen LogP contribution is -2.18. The fourth-order valence-electron chi connectivity index (χ4n) is 3.21. The second-order valence-corrected chi connectivity index (χ2v) is 7.26. The first-order chi connectivity index (χ1) is 10.9. The summed E-state index contributed by atoms with van der Waals surface area (Å²) in [4.78, 5) is 26.0. The number of nitrogens with zero attached hydrogens (tertiary/aromatic N) is 1. The summed E-state index contributed by atoms with van der Waals surface area (Å²) in [6.45, 7) is 8.28. The van der Waals surface area contributed by atoms with Gasteiger partial charge in [0.1, 0.15) is 0 Å². The second kappa shape index (κ2) is 5.96. The maximum atomic E-state index is 12.9. The number of aromatic nitrogens is 1. The van der Waals surface area contributed by atoms with Crippen molar-refractivity contribution in [3.8, 4) is 0 Å². The Bertz CT molecular complexity index is 769. The highest BCUT2D eigenvalue weighted by molar-refractivity contribution is 7.12. The van der Waals surface area contributed by atoms with Gasteiger partial charge in [0.2, 0.25) is 5.78 Å². The third-order valence-corrected chi connectivity index (χ3v) is 5.25. The Morgan fingerprint density at radius 1 is 1.30 bits per heavy atom. The summed E-state index contributed by atoms with van der Waals surface area (Å²) < 4.78 is 7.36. The molecule has 5 heteroatoms. The number of aryl methyl sites for hydroxylation is 2. The Labute approximate surface area is 140 Å². The standard InChI is InChI=1S/C18H21NO3S/c1-10(2)22-18(21)13-5-7-19-14(13)9-12(4)15(19)16(20)17-11(3)6-8-23-17/h6,8-10,13H,5,7H2,1-4H3. The van der Waals surface area contributed by atoms with E-state index in [1.54, 1.807) is 0 Å². The minimum atomic E-state index is -0.262. The van der Waals surface area contributed by atoms with E-state index in [2.05, 4.69) is 0 Å². The van der Waals surface area contributed by atoms with Crippen molar-refractivity contribution in [2.24, 2.45) is 0 Å². The summed E-state index contributed by atoms with van der Waals surface area (Å²) in [5.41, 5.74) is 3.56. The van der Waals surface area contributed by atoms with Crippen LogP contribution in [0.4, 0.5) is 0 Å². The summed E-state index contributed by atoms with van der Waals surface area (Å²) in [5, 5.41) is 1.94. The molecule has 3 heterocycles. The Morgan fingerprint density at radius 2 is 2.04 bits per heavy atom. The van der Waals surface area contributed by atoms with Crippen molar-refractivity contribution in [3.05, 3.63) is 44.9 Å². The molecule has 2 aromatic heterocycles. The smallest absolute Gasteiger partial charge is 0.315 e. The molecule has 4 nitrogen and oxygen atoms in total. The maximum absolute atomic E-state index is 12.9. The number of fused-ring (bicyclic) bond motifs is 1. The maximum Gasteiger partial charge on any atom is 0.315 e. The van der Waals surface area contributed by atoms with E-state index < -0.39 is 0 Å². The minimum absolute atomic E-state index is 0.0547. The predicted octanol–water partition coefficient (Wildman–Crippen LogP) is 3.84. The summed E-state index contributed by atoms with van der Waals surface area (Å²) in [6.07, 6.45) is 0.577. The number of ether oxygens (including phenoxy) is 1. The van der Waals surface area contributed by atoms with Crippen LogP contribution in [0.3, 0.4) is 0 Å². The number of ketones is 1. The lowest BCUT2D eigenvalue weighted by molar-refractivity contribution is -0.149. The Hall–Kier alpha value is -1.88. The lowest BCUT2D eigenvalue weighted by Gasteiger charge is -2.12. The van der Waals surface area contributed by atoms with Crippen LogP contribution in [-0.4, -0.2) is 22.4 Å². The van der Waals surface area contributed by atoms with Crippen LogP contribution in [0.25, 0.3) is 0 Å². The van der Waals surface area contributed by atoms with Crippen molar-refractivity contribution in [2.75, 3.05) is 0 Å². The molecule has 1 unspecified atom stereocenters. The highest BCUT2D eigenvalue weighted by Gasteiger charge is 2.35. The fourth-order valence-corrected chi connectivity index (χ4v) is 4.08. The highest BCUT2D eigenvalue weighted by atomic mass is 32.1. The lowest BCUT2D eigenvalue weighted by atomic mass is 10.0. The largest absolute Gasteiger partial charge is 0.462 e. The van der Waals surface area contributed by atoms with E-state index in [1.165, 1.54) is 11.3 Å². The van der Waals surface area contributed by atoms with E-state index in [0.717, 1.165) is 21.7 Å². The monoisotopic (exact) mass is 331 g/mol. The van der Waals surface area contributed by atoms with Crippen molar-refractivity contribution < 1.29 is 14.3 Å². The van der Waals surface area contributed by atoms with Crippen LogP contribution in [0.5, 0.6) is 0 Å². The van der Waals surface area contributed by atoms with E-state index >= 15 is 0 Å². The molecule has 0 amide bonds. The zero-order valence-electron chi connectivity index (χ0n) is 13.9. The van der Waals surface area contributed by atoms with E-state index in [4.69, 9.17) is 4.74 Å². The van der Waals surface area contributed by atoms with Gasteiger partial charge in [0.15, 0.2) is 0 Å². The Balaban J connectivity index is 1.96. The number of esters is 1. The van der Waals surface area contributed by atoms with Gasteiger partial charge in [0.25, 0.3) is 0 Å². The van der Waals surface area contributed by atoms with E-state index in [-0.39, 0.29) is 23.8 Å². The van der Waals surface area contributed by atoms with Crippen LogP contribution in [-0.2, 0) is 16.1 Å². The van der Waals surface area contributed by atoms with Gasteiger partial charge in [-0.15, -0.1) is 11.3 Å². The molecule has 0 radical (unpaired) electrons. The van der Waals surface area contributed by atoms with Gasteiger partial charge >= 0.3 is 5.97 Å². The van der Waals surface area contributed by atoms with Gasteiger partial charge < -0.3 is 9.30 Å². The van der Waals surface area contributed by atoms with Crippen molar-refractivity contribution in [1.29, 1.82) is 0 Å². The van der Waals surface area contributed by atoms with Gasteiger partial charge in [0, 0.05) is 12.2 Å². The quantitative estimate of drug-likeness (QED) is 0.632. The Morgan fingerprint density at radius 3 is 2.65 bits per heavy atom. The molecule has 122 valence electrons. The van der Waals surface area contributed by atoms with Crippen molar-refractivity contribution in [2.45, 2.75) is 52.7 Å². The zero-order valence-corrected chi connectivity index (χ0v) is 14.7. The van der Waals surface area contributed by atoms with Gasteiger partial charge in [-0.05, 0) is 62.8 Å². The van der Waals surface area contributed by atoms with Gasteiger partial charge in [-0.25, -0.2) is 0 Å². The summed E-state index contributed by atoms with van der Waals surface area (Å²) in [7, 11) is 0. The molecule has 0 bridgehead atoms. The van der Waals surface area contributed by atoms with Crippen LogP contribution in [0.15, 0.2) is 17.5 Å². The number of hydrogen-bond acceptors (Lipinski definition) is 4. The molecule has 0 saturated carbocycles. The third kappa shape index (κ3) is 2.74. The molecule has 3 rings (SSSR count). The summed E-state index contributed by atoms with van der Waals surface area (Å²) in [5.74, 6) is -0.399. The number of carbonyl (C=O) groups is 2. The number of hydrogen-bond donors (Lipinski definition) is 0. The number of rotatable bonds is 4. The summed E-state index contributed by atoms with van der Waals surface area (Å²) >= 11 is 1.47. The molecule has 0 aromatic carbocycles. The number of carbonyl (C=O) groups excluding carboxylic acids is 2. The molecular formula is C18H21NO3S. The molecule has 0 aliphatic carbocycles. The van der Waals surface area contributed by atoms with Crippen LogP contribution < -0.4 is 0 Å². The zero-order chi connectivity index (χ0) is 16.7. The molecule has 0 saturated heterocycles. The highest BCUT2D eigenvalue weighted by Crippen LogP contribution is 2.35. The molecule has 0 fully saturated rings. The van der Waals surface area contributed by atoms with Crippen LogP contribution in [0.1, 0.15) is 58.4 Å². The molecule has 1 atom stereocenters. The predicted molar refractivity (Wildman–Crippen MR) is 90.2 cm³/mol. The van der Waals surface area contributed by atoms with Crippen LogP contribution in [0, 0.1) is 13.8 Å². The van der Waals surface area contributed by atoms with Crippen molar-refractivity contribution in [1.82, 2.24) is 4.57 Å². The summed E-state index contributed by atoms with van der Waals surface area (Å²) in [6, 6.07) is 3.93. The molecule has 0 spiro atoms. The van der Waals surface area contributed by atoms with Gasteiger partial charge in [0.05, 0.1) is 22.6 Å². The van der Waals surface area contributed by atoms with Crippen molar-refractivity contribution in [3.63, 3.8) is 0 Å². The molecule has 0 N–H and O–H groups in total. The molecule has 1 aliphatic heterocycles. The van der Waals surface area contributed by atoms with Gasteiger partial charge in [-0.1, -0.05) is 0 Å². The van der Waals surface area contributed by atoms with Crippen LogP contribution in [0.2, 0.25) is 0 Å². The SMILES string of the molecule is Cc1ccsc1C(=O)c1c(C)cc2n1CCC2C(=O)OC(C)C. The minimum Gasteiger partial charge on any atom is -0.462 e. The van der Waals surface area contributed by atoms with Gasteiger partial charge in [-0.3, -0.25) is 9.59 Å². The number of thiophene rings is 1. The Kier molecular flexibility index (Phi) is 4.15. The average molecular weight is 331 g/mol. The first kappa shape index (κ1) is 16.0. The molecule has 1 aliphatic rings. The fraction of sp³-hybridized carbons (Fsp3) is 0.444. The van der Waals surface area contributed by atoms with Crippen LogP contribution >= 0.6 is 11.3 Å². The van der Waals surface area contributed by atoms with Crippen molar-refractivity contribution >= 4 is 23.1 Å². The topological polar surface area (TPSA) is 48.3 Å². The first-order valence-electron chi connectivity index (χ1n) is 7.89. The second-order valence-electron chi connectivity index (χ2n) is 6.34.